The number of pyridine rings is 1. The zero-order chi connectivity index (χ0) is 9.10. The van der Waals surface area contributed by atoms with Crippen LogP contribution >= 0.6 is 11.6 Å². The quantitative estimate of drug-likeness (QED) is 0.743. The van der Waals surface area contributed by atoms with E-state index in [4.69, 9.17) is 11.6 Å². The summed E-state index contributed by atoms with van der Waals surface area (Å²) in [6, 6.07) is 3.84. The Hall–Kier alpha value is -1.35. The Morgan fingerprint density at radius 2 is 2.08 bits per heavy atom. The Morgan fingerprint density at radius 3 is 2.69 bits per heavy atom. The van der Waals surface area contributed by atoms with Gasteiger partial charge in [-0.3, -0.25) is 4.98 Å². The van der Waals surface area contributed by atoms with Gasteiger partial charge in [-0.25, -0.2) is 4.98 Å². The molecule has 0 saturated carbocycles. The number of imidazole rings is 1. The molecule has 2 rings (SSSR count). The first-order chi connectivity index (χ1) is 6.40. The predicted molar refractivity (Wildman–Crippen MR) is 51.4 cm³/mol. The molecule has 0 atom stereocenters. The van der Waals surface area contributed by atoms with Crippen molar-refractivity contribution in [3.8, 4) is 11.3 Å². The fourth-order valence-electron chi connectivity index (χ4n) is 1.11. The molecule has 3 nitrogen and oxygen atoms in total. The van der Waals surface area contributed by atoms with Crippen LogP contribution in [0.15, 0.2) is 30.7 Å². The van der Waals surface area contributed by atoms with Crippen molar-refractivity contribution in [2.45, 2.75) is 5.88 Å². The fourth-order valence-corrected chi connectivity index (χ4v) is 1.24. The maximum absolute atomic E-state index is 5.62. The Labute approximate surface area is 80.8 Å². The number of H-pyrrole nitrogens is 1. The molecule has 2 aromatic rings. The highest BCUT2D eigenvalue weighted by molar-refractivity contribution is 6.16. The Bertz CT molecular complexity index is 383. The smallest absolute Gasteiger partial charge is 0.121 e. The monoisotopic (exact) mass is 193 g/mol. The molecule has 0 aliphatic carbocycles. The summed E-state index contributed by atoms with van der Waals surface area (Å²) >= 11 is 5.62. The number of aromatic amines is 1. The van der Waals surface area contributed by atoms with Crippen molar-refractivity contribution in [2.24, 2.45) is 0 Å². The maximum Gasteiger partial charge on any atom is 0.121 e. The summed E-state index contributed by atoms with van der Waals surface area (Å²) in [7, 11) is 0. The van der Waals surface area contributed by atoms with Gasteiger partial charge in [0, 0.05) is 18.0 Å². The lowest BCUT2D eigenvalue weighted by molar-refractivity contribution is 1.12. The second-order valence-electron chi connectivity index (χ2n) is 2.61. The van der Waals surface area contributed by atoms with Crippen LogP contribution in [0.25, 0.3) is 11.3 Å². The lowest BCUT2D eigenvalue weighted by atomic mass is 10.2. The van der Waals surface area contributed by atoms with E-state index in [0.29, 0.717) is 5.88 Å². The second kappa shape index (κ2) is 3.58. The average molecular weight is 194 g/mol. The number of nitrogens with zero attached hydrogens (tertiary/aromatic N) is 2. The van der Waals surface area contributed by atoms with E-state index in [9.17, 15) is 0 Å². The predicted octanol–water partition coefficient (Wildman–Crippen LogP) is 2.21. The normalized spacial score (nSPS) is 10.2. The third kappa shape index (κ3) is 1.70. The number of alkyl halides is 1. The van der Waals surface area contributed by atoms with E-state index in [1.54, 1.807) is 18.6 Å². The SMILES string of the molecule is ClCc1ncc(-c2ccncc2)[nH]1. The van der Waals surface area contributed by atoms with Gasteiger partial charge in [-0.2, -0.15) is 0 Å². The van der Waals surface area contributed by atoms with E-state index in [2.05, 4.69) is 15.0 Å². The third-order valence-electron chi connectivity index (χ3n) is 1.75. The molecule has 2 heterocycles. The molecule has 13 heavy (non-hydrogen) atoms. The number of aromatic nitrogens is 3. The van der Waals surface area contributed by atoms with E-state index in [1.165, 1.54) is 0 Å². The van der Waals surface area contributed by atoms with Crippen molar-refractivity contribution < 1.29 is 0 Å². The van der Waals surface area contributed by atoms with Gasteiger partial charge in [0.25, 0.3) is 0 Å². The summed E-state index contributed by atoms with van der Waals surface area (Å²) in [5.74, 6) is 1.19. The van der Waals surface area contributed by atoms with Gasteiger partial charge in [-0.1, -0.05) is 0 Å². The topological polar surface area (TPSA) is 41.6 Å². The van der Waals surface area contributed by atoms with Crippen LogP contribution in [0.1, 0.15) is 5.82 Å². The lowest BCUT2D eigenvalue weighted by Gasteiger charge is -1.94. The number of hydrogen-bond acceptors (Lipinski definition) is 2. The standard InChI is InChI=1S/C9H8ClN3/c10-5-9-12-6-8(13-9)7-1-3-11-4-2-7/h1-4,6H,5H2,(H,12,13). The van der Waals surface area contributed by atoms with E-state index >= 15 is 0 Å². The fraction of sp³-hybridized carbons (Fsp3) is 0.111. The maximum atomic E-state index is 5.62. The first-order valence-electron chi connectivity index (χ1n) is 3.90. The minimum Gasteiger partial charge on any atom is -0.341 e. The zero-order valence-electron chi connectivity index (χ0n) is 6.87. The third-order valence-corrected chi connectivity index (χ3v) is 2.00. The Balaban J connectivity index is 2.36. The van der Waals surface area contributed by atoms with Crippen molar-refractivity contribution in [1.29, 1.82) is 0 Å². The largest absolute Gasteiger partial charge is 0.341 e. The molecule has 4 heteroatoms. The molecule has 66 valence electrons. The molecule has 0 aromatic carbocycles. The molecule has 0 spiro atoms. The van der Waals surface area contributed by atoms with Crippen molar-refractivity contribution >= 4 is 11.6 Å². The first kappa shape index (κ1) is 8.26. The van der Waals surface area contributed by atoms with Gasteiger partial charge in [-0.15, -0.1) is 11.6 Å². The molecule has 0 amide bonds. The summed E-state index contributed by atoms with van der Waals surface area (Å²) in [5.41, 5.74) is 2.04. The highest BCUT2D eigenvalue weighted by Crippen LogP contribution is 2.15. The van der Waals surface area contributed by atoms with E-state index in [0.717, 1.165) is 17.1 Å². The highest BCUT2D eigenvalue weighted by atomic mass is 35.5. The van der Waals surface area contributed by atoms with Crippen LogP contribution in [0.5, 0.6) is 0 Å². The van der Waals surface area contributed by atoms with Crippen LogP contribution in [0.3, 0.4) is 0 Å². The van der Waals surface area contributed by atoms with Crippen LogP contribution in [0.2, 0.25) is 0 Å². The van der Waals surface area contributed by atoms with Gasteiger partial charge in [-0.05, 0) is 12.1 Å². The van der Waals surface area contributed by atoms with Crippen molar-refractivity contribution in [1.82, 2.24) is 15.0 Å². The Kier molecular flexibility index (Phi) is 2.27. The molecule has 2 aromatic heterocycles. The highest BCUT2D eigenvalue weighted by Gasteiger charge is 2.00. The molecule has 0 unspecified atom stereocenters. The number of rotatable bonds is 2. The van der Waals surface area contributed by atoms with Crippen LogP contribution in [-0.2, 0) is 5.88 Å². The summed E-state index contributed by atoms with van der Waals surface area (Å²) in [6.07, 6.45) is 5.26. The number of halogens is 1. The van der Waals surface area contributed by atoms with Crippen LogP contribution in [0.4, 0.5) is 0 Å². The first-order valence-corrected chi connectivity index (χ1v) is 4.44. The van der Waals surface area contributed by atoms with Crippen LogP contribution in [0, 0.1) is 0 Å². The molecular weight excluding hydrogens is 186 g/mol. The summed E-state index contributed by atoms with van der Waals surface area (Å²) in [5, 5.41) is 0. The average Bonchev–Trinajstić information content (AvgIpc) is 2.67. The van der Waals surface area contributed by atoms with E-state index in [1.807, 2.05) is 12.1 Å². The minimum absolute atomic E-state index is 0.408. The molecule has 0 aliphatic heterocycles. The van der Waals surface area contributed by atoms with Crippen molar-refractivity contribution in [2.75, 3.05) is 0 Å². The summed E-state index contributed by atoms with van der Waals surface area (Å²) < 4.78 is 0. The molecule has 0 bridgehead atoms. The van der Waals surface area contributed by atoms with Crippen LogP contribution in [-0.4, -0.2) is 15.0 Å². The van der Waals surface area contributed by atoms with Crippen molar-refractivity contribution in [3.63, 3.8) is 0 Å². The molecule has 0 saturated heterocycles. The van der Waals surface area contributed by atoms with Gasteiger partial charge in [0.05, 0.1) is 17.8 Å². The lowest BCUT2D eigenvalue weighted by Crippen LogP contribution is -1.80. The van der Waals surface area contributed by atoms with E-state index < -0.39 is 0 Å². The van der Waals surface area contributed by atoms with Crippen molar-refractivity contribution in [3.05, 3.63) is 36.5 Å². The molecule has 1 N–H and O–H groups in total. The second-order valence-corrected chi connectivity index (χ2v) is 2.88. The number of hydrogen-bond donors (Lipinski definition) is 1. The van der Waals surface area contributed by atoms with Crippen LogP contribution < -0.4 is 0 Å². The summed E-state index contributed by atoms with van der Waals surface area (Å²) in [6.45, 7) is 0. The summed E-state index contributed by atoms with van der Waals surface area (Å²) in [4.78, 5) is 11.1. The van der Waals surface area contributed by atoms with Gasteiger partial charge in [0.2, 0.25) is 0 Å². The van der Waals surface area contributed by atoms with Gasteiger partial charge in [0.15, 0.2) is 0 Å². The minimum atomic E-state index is 0.408. The molecule has 0 fully saturated rings. The molecule has 0 radical (unpaired) electrons. The van der Waals surface area contributed by atoms with Gasteiger partial charge in [0.1, 0.15) is 5.82 Å². The zero-order valence-corrected chi connectivity index (χ0v) is 7.62. The Morgan fingerprint density at radius 1 is 1.31 bits per heavy atom. The number of nitrogens with one attached hydrogen (secondary N) is 1. The van der Waals surface area contributed by atoms with E-state index in [-0.39, 0.29) is 0 Å². The molecular formula is C9H8ClN3. The van der Waals surface area contributed by atoms with Gasteiger partial charge < -0.3 is 4.98 Å². The van der Waals surface area contributed by atoms with Gasteiger partial charge >= 0.3 is 0 Å². The molecule has 0 aliphatic rings.